The number of hydrogen-bond donors (Lipinski definition) is 1. The second-order valence-electron chi connectivity index (χ2n) is 9.98. The van der Waals surface area contributed by atoms with E-state index in [1.54, 1.807) is 23.4 Å². The maximum absolute atomic E-state index is 13.6. The van der Waals surface area contributed by atoms with Gasteiger partial charge in [0.15, 0.2) is 0 Å². The van der Waals surface area contributed by atoms with E-state index in [1.807, 2.05) is 55.7 Å². The number of sulfone groups is 1. The fourth-order valence-corrected chi connectivity index (χ4v) is 6.39. The number of furan rings is 1. The van der Waals surface area contributed by atoms with Gasteiger partial charge in [0.2, 0.25) is 15.0 Å². The molecule has 1 aliphatic rings. The Morgan fingerprint density at radius 1 is 1.17 bits per heavy atom. The summed E-state index contributed by atoms with van der Waals surface area (Å²) >= 11 is 0. The number of hydrogen-bond acceptors (Lipinski definition) is 5. The summed E-state index contributed by atoms with van der Waals surface area (Å²) in [5.41, 5.74) is 2.48. The first kappa shape index (κ1) is 26.0. The third-order valence-corrected chi connectivity index (χ3v) is 8.05. The fraction of sp³-hybridized carbons (Fsp3) is 0.481. The van der Waals surface area contributed by atoms with Crippen LogP contribution in [0.1, 0.15) is 74.6 Å². The Balaban J connectivity index is 1.69. The summed E-state index contributed by atoms with van der Waals surface area (Å²) in [7, 11) is -3.70. The van der Waals surface area contributed by atoms with Gasteiger partial charge in [0.25, 0.3) is 0 Å². The molecular formula is C27H36N4O4S. The average molecular weight is 513 g/mol. The van der Waals surface area contributed by atoms with Crippen LogP contribution in [-0.4, -0.2) is 34.9 Å². The van der Waals surface area contributed by atoms with Gasteiger partial charge in [-0.15, -0.1) is 0 Å². The normalized spacial score (nSPS) is 14.8. The van der Waals surface area contributed by atoms with Crippen molar-refractivity contribution in [2.75, 3.05) is 0 Å². The van der Waals surface area contributed by atoms with Crippen LogP contribution in [0.25, 0.3) is 0 Å². The molecule has 9 heteroatoms. The van der Waals surface area contributed by atoms with Gasteiger partial charge in [-0.05, 0) is 51.3 Å². The maximum atomic E-state index is 13.6. The first-order valence-corrected chi connectivity index (χ1v) is 14.3. The van der Waals surface area contributed by atoms with Crippen molar-refractivity contribution >= 4 is 15.9 Å². The van der Waals surface area contributed by atoms with Crippen molar-refractivity contribution in [2.24, 2.45) is 0 Å². The molecule has 0 unspecified atom stereocenters. The van der Waals surface area contributed by atoms with Crippen LogP contribution in [-0.2, 0) is 28.7 Å². The number of benzene rings is 1. The second kappa shape index (κ2) is 11.3. The number of rotatable bonds is 9. The van der Waals surface area contributed by atoms with E-state index in [-0.39, 0.29) is 42.1 Å². The zero-order valence-electron chi connectivity index (χ0n) is 21.3. The number of imidazole rings is 1. The number of carbonyl (C=O) groups is 1. The lowest BCUT2D eigenvalue weighted by Crippen LogP contribution is -2.42. The molecule has 0 radical (unpaired) electrons. The summed E-state index contributed by atoms with van der Waals surface area (Å²) in [5.74, 6) is 0.548. The summed E-state index contributed by atoms with van der Waals surface area (Å²) in [5, 5.41) is 3.04. The first-order valence-electron chi connectivity index (χ1n) is 12.6. The van der Waals surface area contributed by atoms with Crippen LogP contribution < -0.4 is 5.32 Å². The third-order valence-electron chi connectivity index (χ3n) is 6.48. The highest BCUT2D eigenvalue weighted by Gasteiger charge is 2.30. The maximum Gasteiger partial charge on any atom is 0.318 e. The molecule has 1 aromatic carbocycles. The van der Waals surface area contributed by atoms with Crippen molar-refractivity contribution in [3.05, 3.63) is 71.4 Å². The fourth-order valence-electron chi connectivity index (χ4n) is 4.86. The van der Waals surface area contributed by atoms with Crippen molar-refractivity contribution in [1.82, 2.24) is 19.8 Å². The number of urea groups is 1. The molecule has 4 rings (SSSR count). The predicted octanol–water partition coefficient (Wildman–Crippen LogP) is 5.38. The number of aryl methyl sites for hydroxylation is 1. The minimum absolute atomic E-state index is 0.0369. The molecule has 0 bridgehead atoms. The van der Waals surface area contributed by atoms with E-state index in [4.69, 9.17) is 4.42 Å². The Kier molecular flexibility index (Phi) is 8.18. The van der Waals surface area contributed by atoms with E-state index in [9.17, 15) is 13.2 Å². The monoisotopic (exact) mass is 512 g/mol. The van der Waals surface area contributed by atoms with Crippen molar-refractivity contribution in [3.63, 3.8) is 0 Å². The standard InChI is InChI=1S/C27H36N4O4S/c1-20(2)29-26(32)30(18-25-13-8-14-35-25)17-24-16-28-27(31(24)23-11-5-4-6-12-23)36(33,34)19-22-10-7-9-21(3)15-22/h7-10,13-16,20,23H,4-6,11-12,17-19H2,1-3H3,(H,29,32). The van der Waals surface area contributed by atoms with E-state index >= 15 is 0 Å². The highest BCUT2D eigenvalue weighted by atomic mass is 32.2. The number of nitrogens with one attached hydrogen (secondary N) is 1. The largest absolute Gasteiger partial charge is 0.467 e. The van der Waals surface area contributed by atoms with E-state index < -0.39 is 9.84 Å². The lowest BCUT2D eigenvalue weighted by atomic mass is 9.95. The molecule has 2 aromatic heterocycles. The summed E-state index contributed by atoms with van der Waals surface area (Å²) in [6, 6.07) is 10.9. The number of nitrogens with zero attached hydrogens (tertiary/aromatic N) is 3. The number of amides is 2. The topological polar surface area (TPSA) is 97.4 Å². The number of carbonyl (C=O) groups excluding carboxylic acids is 1. The molecule has 0 saturated heterocycles. The number of aromatic nitrogens is 2. The van der Waals surface area contributed by atoms with Gasteiger partial charge in [-0.2, -0.15) is 0 Å². The van der Waals surface area contributed by atoms with Crippen LogP contribution in [0.5, 0.6) is 0 Å². The van der Waals surface area contributed by atoms with Gasteiger partial charge in [-0.25, -0.2) is 18.2 Å². The van der Waals surface area contributed by atoms with Gasteiger partial charge in [0.05, 0.1) is 37.0 Å². The van der Waals surface area contributed by atoms with E-state index in [0.29, 0.717) is 5.76 Å². The molecule has 36 heavy (non-hydrogen) atoms. The Labute approximate surface area is 213 Å². The minimum Gasteiger partial charge on any atom is -0.467 e. The molecule has 3 aromatic rings. The molecular weight excluding hydrogens is 476 g/mol. The van der Waals surface area contributed by atoms with Gasteiger partial charge >= 0.3 is 6.03 Å². The summed E-state index contributed by atoms with van der Waals surface area (Å²) in [4.78, 5) is 19.2. The van der Waals surface area contributed by atoms with E-state index in [0.717, 1.165) is 48.9 Å². The smallest absolute Gasteiger partial charge is 0.318 e. The molecule has 194 valence electrons. The first-order chi connectivity index (χ1) is 17.2. The molecule has 1 N–H and O–H groups in total. The summed E-state index contributed by atoms with van der Waals surface area (Å²) < 4.78 is 34.6. The highest BCUT2D eigenvalue weighted by molar-refractivity contribution is 7.90. The molecule has 1 aliphatic carbocycles. The summed E-state index contributed by atoms with van der Waals surface area (Å²) in [6.45, 7) is 6.26. The zero-order valence-corrected chi connectivity index (χ0v) is 22.1. The van der Waals surface area contributed by atoms with Crippen molar-refractivity contribution < 1.29 is 17.6 Å². The Bertz CT molecular complexity index is 1260. The Morgan fingerprint density at radius 2 is 1.94 bits per heavy atom. The van der Waals surface area contributed by atoms with Crippen LogP contribution in [0.2, 0.25) is 0 Å². The zero-order chi connectivity index (χ0) is 25.7. The van der Waals surface area contributed by atoms with Gasteiger partial charge in [-0.1, -0.05) is 49.1 Å². The molecule has 0 aliphatic heterocycles. The molecule has 2 amide bonds. The predicted molar refractivity (Wildman–Crippen MR) is 138 cm³/mol. The van der Waals surface area contributed by atoms with Gasteiger partial charge in [0, 0.05) is 12.1 Å². The molecule has 2 heterocycles. The molecule has 1 saturated carbocycles. The van der Waals surface area contributed by atoms with Crippen LogP contribution in [0.3, 0.4) is 0 Å². The summed E-state index contributed by atoms with van der Waals surface area (Å²) in [6.07, 6.45) is 8.23. The van der Waals surface area contributed by atoms with Crippen LogP contribution >= 0.6 is 0 Å². The van der Waals surface area contributed by atoms with Crippen molar-refractivity contribution in [3.8, 4) is 0 Å². The van der Waals surface area contributed by atoms with E-state index in [2.05, 4.69) is 10.3 Å². The molecule has 0 spiro atoms. The van der Waals surface area contributed by atoms with Crippen LogP contribution in [0, 0.1) is 6.92 Å². The van der Waals surface area contributed by atoms with Gasteiger partial charge in [-0.3, -0.25) is 0 Å². The quantitative estimate of drug-likeness (QED) is 0.415. The lowest BCUT2D eigenvalue weighted by molar-refractivity contribution is 0.181. The minimum atomic E-state index is -3.70. The Morgan fingerprint density at radius 3 is 2.61 bits per heavy atom. The molecule has 8 nitrogen and oxygen atoms in total. The highest BCUT2D eigenvalue weighted by Crippen LogP contribution is 2.33. The lowest BCUT2D eigenvalue weighted by Gasteiger charge is -2.29. The molecule has 0 atom stereocenters. The SMILES string of the molecule is Cc1cccc(CS(=O)(=O)c2ncc(CN(Cc3ccco3)C(=O)NC(C)C)n2C2CCCCC2)c1. The van der Waals surface area contributed by atoms with Gasteiger partial charge in [0.1, 0.15) is 5.76 Å². The third kappa shape index (κ3) is 6.37. The van der Waals surface area contributed by atoms with Crippen LogP contribution in [0.15, 0.2) is 58.4 Å². The van der Waals surface area contributed by atoms with Crippen molar-refractivity contribution in [2.45, 2.75) is 89.0 Å². The molecule has 1 fully saturated rings. The average Bonchev–Trinajstić information content (AvgIpc) is 3.49. The van der Waals surface area contributed by atoms with E-state index in [1.165, 1.54) is 0 Å². The second-order valence-corrected chi connectivity index (χ2v) is 11.9. The van der Waals surface area contributed by atoms with Gasteiger partial charge < -0.3 is 19.2 Å². The Hall–Kier alpha value is -3.07. The van der Waals surface area contributed by atoms with Crippen LogP contribution in [0.4, 0.5) is 4.79 Å². The van der Waals surface area contributed by atoms with Crippen molar-refractivity contribution in [1.29, 1.82) is 0 Å².